The van der Waals surface area contributed by atoms with Crippen molar-refractivity contribution in [3.05, 3.63) is 30.3 Å². The molecular formula is C18H28N2O. The average molecular weight is 288 g/mol. The van der Waals surface area contributed by atoms with E-state index in [1.165, 1.54) is 25.7 Å². The van der Waals surface area contributed by atoms with Gasteiger partial charge in [0.05, 0.1) is 6.54 Å². The van der Waals surface area contributed by atoms with E-state index in [0.717, 1.165) is 18.7 Å². The van der Waals surface area contributed by atoms with Crippen LogP contribution in [0.5, 0.6) is 0 Å². The molecule has 1 N–H and O–H groups in total. The van der Waals surface area contributed by atoms with E-state index >= 15 is 0 Å². The van der Waals surface area contributed by atoms with Gasteiger partial charge in [-0.15, -0.1) is 0 Å². The largest absolute Gasteiger partial charge is 0.376 e. The van der Waals surface area contributed by atoms with Crippen LogP contribution in [0.15, 0.2) is 30.3 Å². The number of rotatable bonds is 7. The predicted molar refractivity (Wildman–Crippen MR) is 88.4 cm³/mol. The maximum atomic E-state index is 12.6. The highest BCUT2D eigenvalue weighted by Crippen LogP contribution is 2.24. The maximum Gasteiger partial charge on any atom is 0.242 e. The van der Waals surface area contributed by atoms with Crippen molar-refractivity contribution in [1.82, 2.24) is 4.90 Å². The Labute approximate surface area is 128 Å². The molecule has 0 atom stereocenters. The molecule has 1 aromatic carbocycles. The lowest BCUT2D eigenvalue weighted by Gasteiger charge is -2.30. The van der Waals surface area contributed by atoms with E-state index in [9.17, 15) is 4.79 Å². The van der Waals surface area contributed by atoms with E-state index in [-0.39, 0.29) is 5.91 Å². The predicted octanol–water partition coefficient (Wildman–Crippen LogP) is 3.92. The lowest BCUT2D eigenvalue weighted by molar-refractivity contribution is -0.131. The van der Waals surface area contributed by atoms with Gasteiger partial charge in [0.1, 0.15) is 0 Å². The van der Waals surface area contributed by atoms with Crippen LogP contribution >= 0.6 is 0 Å². The van der Waals surface area contributed by atoms with Crippen LogP contribution in [-0.4, -0.2) is 29.9 Å². The fraction of sp³-hybridized carbons (Fsp3) is 0.611. The van der Waals surface area contributed by atoms with Gasteiger partial charge in [0.2, 0.25) is 5.91 Å². The summed E-state index contributed by atoms with van der Waals surface area (Å²) < 4.78 is 0. The molecule has 3 nitrogen and oxygen atoms in total. The monoisotopic (exact) mass is 288 g/mol. The van der Waals surface area contributed by atoms with Crippen LogP contribution in [-0.2, 0) is 4.79 Å². The molecule has 2 rings (SSSR count). The molecule has 1 saturated carbocycles. The van der Waals surface area contributed by atoms with Crippen molar-refractivity contribution in [1.29, 1.82) is 0 Å². The van der Waals surface area contributed by atoms with Crippen LogP contribution < -0.4 is 5.32 Å². The Morgan fingerprint density at radius 3 is 2.52 bits per heavy atom. The molecule has 1 amide bonds. The third kappa shape index (κ3) is 5.07. The van der Waals surface area contributed by atoms with Crippen LogP contribution in [0, 0.1) is 5.92 Å². The second kappa shape index (κ2) is 8.06. The smallest absolute Gasteiger partial charge is 0.242 e. The van der Waals surface area contributed by atoms with Crippen LogP contribution in [0.25, 0.3) is 0 Å². The zero-order valence-corrected chi connectivity index (χ0v) is 13.3. The van der Waals surface area contributed by atoms with Crippen molar-refractivity contribution in [3.63, 3.8) is 0 Å². The van der Waals surface area contributed by atoms with Crippen molar-refractivity contribution >= 4 is 11.6 Å². The van der Waals surface area contributed by atoms with E-state index in [0.29, 0.717) is 18.5 Å². The van der Waals surface area contributed by atoms with Crippen LogP contribution in [0.1, 0.15) is 46.0 Å². The van der Waals surface area contributed by atoms with Gasteiger partial charge >= 0.3 is 0 Å². The molecule has 1 aliphatic rings. The highest BCUT2D eigenvalue weighted by atomic mass is 16.2. The molecule has 0 heterocycles. The number of carbonyl (C=O) groups excluding carboxylic acids is 1. The van der Waals surface area contributed by atoms with E-state index in [1.54, 1.807) is 0 Å². The molecule has 0 bridgehead atoms. The first kappa shape index (κ1) is 15.9. The second-order valence-electron chi connectivity index (χ2n) is 6.43. The Bertz CT molecular complexity index is 424. The van der Waals surface area contributed by atoms with Gasteiger partial charge in [0.25, 0.3) is 0 Å². The number of carbonyl (C=O) groups is 1. The summed E-state index contributed by atoms with van der Waals surface area (Å²) in [7, 11) is 0. The number of nitrogens with zero attached hydrogens (tertiary/aromatic N) is 1. The van der Waals surface area contributed by atoms with Gasteiger partial charge in [0, 0.05) is 18.3 Å². The number of nitrogens with one attached hydrogen (secondary N) is 1. The van der Waals surface area contributed by atoms with Crippen molar-refractivity contribution in [2.75, 3.05) is 18.4 Å². The third-order valence-corrected chi connectivity index (χ3v) is 4.25. The molecule has 0 radical (unpaired) electrons. The first-order valence-corrected chi connectivity index (χ1v) is 8.25. The molecule has 1 aliphatic carbocycles. The molecule has 0 aromatic heterocycles. The van der Waals surface area contributed by atoms with Crippen LogP contribution in [0.4, 0.5) is 5.69 Å². The lowest BCUT2D eigenvalue weighted by atomic mass is 10.1. The summed E-state index contributed by atoms with van der Waals surface area (Å²) in [6.07, 6.45) is 5.97. The quantitative estimate of drug-likeness (QED) is 0.825. The first-order valence-electron chi connectivity index (χ1n) is 8.25. The van der Waals surface area contributed by atoms with Crippen molar-refractivity contribution in [3.8, 4) is 0 Å². The summed E-state index contributed by atoms with van der Waals surface area (Å²) in [5.41, 5.74) is 1.01. The van der Waals surface area contributed by atoms with Gasteiger partial charge in [-0.05, 0) is 37.3 Å². The molecular weight excluding hydrogens is 260 g/mol. The van der Waals surface area contributed by atoms with Crippen LogP contribution in [0.3, 0.4) is 0 Å². The number of hydrogen-bond acceptors (Lipinski definition) is 2. The summed E-state index contributed by atoms with van der Waals surface area (Å²) in [4.78, 5) is 14.7. The molecule has 0 saturated heterocycles. The summed E-state index contributed by atoms with van der Waals surface area (Å²) >= 11 is 0. The fourth-order valence-corrected chi connectivity index (χ4v) is 2.96. The van der Waals surface area contributed by atoms with Gasteiger partial charge < -0.3 is 10.2 Å². The number of amides is 1. The summed E-state index contributed by atoms with van der Waals surface area (Å²) in [6.45, 7) is 5.75. The number of anilines is 1. The minimum Gasteiger partial charge on any atom is -0.376 e. The summed E-state index contributed by atoms with van der Waals surface area (Å²) in [5, 5.41) is 3.24. The van der Waals surface area contributed by atoms with E-state index in [4.69, 9.17) is 0 Å². The fourth-order valence-electron chi connectivity index (χ4n) is 2.96. The second-order valence-corrected chi connectivity index (χ2v) is 6.43. The molecule has 0 unspecified atom stereocenters. The molecule has 0 spiro atoms. The zero-order valence-electron chi connectivity index (χ0n) is 13.3. The van der Waals surface area contributed by atoms with E-state index in [1.807, 2.05) is 30.3 Å². The Morgan fingerprint density at radius 1 is 1.24 bits per heavy atom. The number of para-hydroxylation sites is 1. The minimum atomic E-state index is 0.242. The maximum absolute atomic E-state index is 12.6. The lowest BCUT2D eigenvalue weighted by Crippen LogP contribution is -2.42. The van der Waals surface area contributed by atoms with Crippen molar-refractivity contribution in [2.45, 2.75) is 52.0 Å². The highest BCUT2D eigenvalue weighted by molar-refractivity contribution is 5.81. The molecule has 3 heteroatoms. The van der Waals surface area contributed by atoms with Gasteiger partial charge in [-0.2, -0.15) is 0 Å². The van der Waals surface area contributed by atoms with Gasteiger partial charge in [0.15, 0.2) is 0 Å². The number of benzene rings is 1. The third-order valence-electron chi connectivity index (χ3n) is 4.25. The van der Waals surface area contributed by atoms with Gasteiger partial charge in [-0.3, -0.25) is 4.79 Å². The first-order chi connectivity index (χ1) is 10.2. The number of hydrogen-bond donors (Lipinski definition) is 1. The SMILES string of the molecule is CC(C)CCN(C(=O)CNc1ccccc1)C1CCCC1. The normalized spacial score (nSPS) is 15.4. The highest BCUT2D eigenvalue weighted by Gasteiger charge is 2.26. The van der Waals surface area contributed by atoms with Crippen molar-refractivity contribution < 1.29 is 4.79 Å². The van der Waals surface area contributed by atoms with Gasteiger partial charge in [-0.1, -0.05) is 44.9 Å². The van der Waals surface area contributed by atoms with Crippen LogP contribution in [0.2, 0.25) is 0 Å². The minimum absolute atomic E-state index is 0.242. The molecule has 21 heavy (non-hydrogen) atoms. The summed E-state index contributed by atoms with van der Waals surface area (Å²) in [5.74, 6) is 0.884. The Morgan fingerprint density at radius 2 is 1.90 bits per heavy atom. The Hall–Kier alpha value is -1.51. The average Bonchev–Trinajstić information content (AvgIpc) is 3.00. The van der Waals surface area contributed by atoms with E-state index < -0.39 is 0 Å². The zero-order chi connectivity index (χ0) is 15.1. The summed E-state index contributed by atoms with van der Waals surface area (Å²) in [6, 6.07) is 10.4. The Balaban J connectivity index is 1.90. The van der Waals surface area contributed by atoms with Crippen molar-refractivity contribution in [2.24, 2.45) is 5.92 Å². The molecule has 0 aliphatic heterocycles. The van der Waals surface area contributed by atoms with E-state index in [2.05, 4.69) is 24.1 Å². The standard InChI is InChI=1S/C18H28N2O/c1-15(2)12-13-20(17-10-6-7-11-17)18(21)14-19-16-8-4-3-5-9-16/h3-5,8-9,15,17,19H,6-7,10-14H2,1-2H3. The molecule has 116 valence electrons. The Kier molecular flexibility index (Phi) is 6.09. The molecule has 1 fully saturated rings. The van der Waals surface area contributed by atoms with Gasteiger partial charge in [-0.25, -0.2) is 0 Å². The topological polar surface area (TPSA) is 32.3 Å². The molecule has 1 aromatic rings.